The first-order chi connectivity index (χ1) is 11.2. The average molecular weight is 309 g/mol. The second-order valence-electron chi connectivity index (χ2n) is 6.08. The fourth-order valence-electron chi connectivity index (χ4n) is 2.87. The Morgan fingerprint density at radius 2 is 1.57 bits per heavy atom. The van der Waals surface area contributed by atoms with Crippen molar-refractivity contribution in [3.05, 3.63) is 71.8 Å². The number of nitrogens with zero attached hydrogens (tertiary/aromatic N) is 1. The third-order valence-corrected chi connectivity index (χ3v) is 4.31. The molecule has 0 radical (unpaired) electrons. The molecule has 0 N–H and O–H groups in total. The molecule has 2 nitrogen and oxygen atoms in total. The van der Waals surface area contributed by atoms with Gasteiger partial charge in [0, 0.05) is 13.5 Å². The number of hydrogen-bond donors (Lipinski definition) is 0. The molecular formula is C21H27NO. The van der Waals surface area contributed by atoms with Crippen LogP contribution in [0.2, 0.25) is 0 Å². The number of hydrogen-bond acceptors (Lipinski definition) is 1. The van der Waals surface area contributed by atoms with Gasteiger partial charge < -0.3 is 4.90 Å². The fourth-order valence-corrected chi connectivity index (χ4v) is 2.87. The van der Waals surface area contributed by atoms with Crippen LogP contribution in [-0.2, 0) is 11.2 Å². The lowest BCUT2D eigenvalue weighted by Gasteiger charge is -2.29. The predicted molar refractivity (Wildman–Crippen MR) is 96.2 cm³/mol. The molecule has 0 saturated carbocycles. The molecule has 0 saturated heterocycles. The Hall–Kier alpha value is -2.09. The van der Waals surface area contributed by atoms with E-state index in [9.17, 15) is 4.79 Å². The molecule has 23 heavy (non-hydrogen) atoms. The SMILES string of the molecule is CCCCCC(=O)N(C)C(Cc1ccccc1)c1ccccc1. The van der Waals surface area contributed by atoms with Crippen LogP contribution in [0, 0.1) is 0 Å². The zero-order chi connectivity index (χ0) is 16.5. The van der Waals surface area contributed by atoms with Gasteiger partial charge in [0.1, 0.15) is 0 Å². The third kappa shape index (κ3) is 5.24. The van der Waals surface area contributed by atoms with Crippen molar-refractivity contribution in [2.75, 3.05) is 7.05 Å². The molecule has 0 aliphatic heterocycles. The maximum absolute atomic E-state index is 12.5. The van der Waals surface area contributed by atoms with E-state index in [2.05, 4.69) is 43.3 Å². The minimum absolute atomic E-state index is 0.0905. The molecule has 0 heterocycles. The molecule has 0 fully saturated rings. The van der Waals surface area contributed by atoms with Crippen molar-refractivity contribution < 1.29 is 4.79 Å². The van der Waals surface area contributed by atoms with Gasteiger partial charge >= 0.3 is 0 Å². The van der Waals surface area contributed by atoms with Crippen molar-refractivity contribution in [1.82, 2.24) is 4.90 Å². The van der Waals surface area contributed by atoms with Gasteiger partial charge in [-0.1, -0.05) is 80.4 Å². The van der Waals surface area contributed by atoms with Crippen molar-refractivity contribution in [3.8, 4) is 0 Å². The van der Waals surface area contributed by atoms with E-state index >= 15 is 0 Å². The quantitative estimate of drug-likeness (QED) is 0.628. The van der Waals surface area contributed by atoms with E-state index in [4.69, 9.17) is 0 Å². The van der Waals surface area contributed by atoms with E-state index < -0.39 is 0 Å². The van der Waals surface area contributed by atoms with Gasteiger partial charge in [-0.2, -0.15) is 0 Å². The van der Waals surface area contributed by atoms with Crippen LogP contribution in [0.1, 0.15) is 49.8 Å². The van der Waals surface area contributed by atoms with Crippen LogP contribution >= 0.6 is 0 Å². The van der Waals surface area contributed by atoms with Crippen LogP contribution in [0.3, 0.4) is 0 Å². The summed E-state index contributed by atoms with van der Waals surface area (Å²) in [5.41, 5.74) is 2.46. The van der Waals surface area contributed by atoms with Crippen molar-refractivity contribution >= 4 is 5.91 Å². The molecule has 1 amide bonds. The topological polar surface area (TPSA) is 20.3 Å². The Morgan fingerprint density at radius 1 is 0.957 bits per heavy atom. The van der Waals surface area contributed by atoms with E-state index in [0.29, 0.717) is 6.42 Å². The zero-order valence-electron chi connectivity index (χ0n) is 14.2. The van der Waals surface area contributed by atoms with Crippen molar-refractivity contribution in [3.63, 3.8) is 0 Å². The van der Waals surface area contributed by atoms with E-state index in [0.717, 1.165) is 25.7 Å². The molecule has 0 aromatic heterocycles. The summed E-state index contributed by atoms with van der Waals surface area (Å²) in [6.07, 6.45) is 4.73. The van der Waals surface area contributed by atoms with Gasteiger partial charge in [-0.15, -0.1) is 0 Å². The molecule has 2 rings (SSSR count). The van der Waals surface area contributed by atoms with Gasteiger partial charge in [0.05, 0.1) is 6.04 Å². The first kappa shape index (κ1) is 17.3. The number of benzene rings is 2. The molecule has 1 atom stereocenters. The summed E-state index contributed by atoms with van der Waals surface area (Å²) in [6, 6.07) is 20.8. The Kier molecular flexibility index (Phi) is 6.86. The standard InChI is InChI=1S/C21H27NO/c1-3-4-7-16-21(23)22(2)20(19-14-10-6-11-15-19)17-18-12-8-5-9-13-18/h5-6,8-15,20H,3-4,7,16-17H2,1-2H3. The molecular weight excluding hydrogens is 282 g/mol. The van der Waals surface area contributed by atoms with Gasteiger partial charge in [-0.05, 0) is 24.0 Å². The Morgan fingerprint density at radius 3 is 2.17 bits per heavy atom. The summed E-state index contributed by atoms with van der Waals surface area (Å²) in [4.78, 5) is 14.5. The molecule has 0 aliphatic carbocycles. The minimum Gasteiger partial charge on any atom is -0.338 e. The number of likely N-dealkylation sites (N-methyl/N-ethyl adjacent to an activating group) is 1. The van der Waals surface area contributed by atoms with Crippen LogP contribution in [0.5, 0.6) is 0 Å². The van der Waals surface area contributed by atoms with Crippen LogP contribution in [0.4, 0.5) is 0 Å². The number of rotatable bonds is 8. The summed E-state index contributed by atoms with van der Waals surface area (Å²) < 4.78 is 0. The average Bonchev–Trinajstić information content (AvgIpc) is 2.61. The van der Waals surface area contributed by atoms with Crippen molar-refractivity contribution in [1.29, 1.82) is 0 Å². The van der Waals surface area contributed by atoms with Gasteiger partial charge in [0.25, 0.3) is 0 Å². The normalized spacial score (nSPS) is 11.9. The number of carbonyl (C=O) groups excluding carboxylic acids is 1. The van der Waals surface area contributed by atoms with E-state index in [1.807, 2.05) is 36.2 Å². The van der Waals surface area contributed by atoms with Crippen molar-refractivity contribution in [2.45, 2.75) is 45.1 Å². The Balaban J connectivity index is 2.14. The Bertz CT molecular complexity index is 579. The molecule has 2 aromatic rings. The first-order valence-electron chi connectivity index (χ1n) is 8.57. The highest BCUT2D eigenvalue weighted by atomic mass is 16.2. The molecule has 0 bridgehead atoms. The van der Waals surface area contributed by atoms with E-state index in [1.165, 1.54) is 11.1 Å². The first-order valence-corrected chi connectivity index (χ1v) is 8.57. The van der Waals surface area contributed by atoms with Gasteiger partial charge in [-0.25, -0.2) is 0 Å². The van der Waals surface area contributed by atoms with Crippen LogP contribution in [0.25, 0.3) is 0 Å². The lowest BCUT2D eigenvalue weighted by molar-refractivity contribution is -0.132. The van der Waals surface area contributed by atoms with Gasteiger partial charge in [-0.3, -0.25) is 4.79 Å². The highest BCUT2D eigenvalue weighted by molar-refractivity contribution is 5.76. The predicted octanol–water partition coefficient (Wildman–Crippen LogP) is 5.01. The zero-order valence-corrected chi connectivity index (χ0v) is 14.2. The largest absolute Gasteiger partial charge is 0.338 e. The lowest BCUT2D eigenvalue weighted by Crippen LogP contribution is -2.32. The van der Waals surface area contributed by atoms with Crippen LogP contribution in [-0.4, -0.2) is 17.9 Å². The summed E-state index contributed by atoms with van der Waals surface area (Å²) in [5, 5.41) is 0. The second kappa shape index (κ2) is 9.14. The van der Waals surface area contributed by atoms with E-state index in [-0.39, 0.29) is 11.9 Å². The number of carbonyl (C=O) groups is 1. The maximum Gasteiger partial charge on any atom is 0.222 e. The summed E-state index contributed by atoms with van der Waals surface area (Å²) in [6.45, 7) is 2.16. The summed E-state index contributed by atoms with van der Waals surface area (Å²) in [5.74, 6) is 0.239. The third-order valence-electron chi connectivity index (χ3n) is 4.31. The molecule has 0 spiro atoms. The fraction of sp³-hybridized carbons (Fsp3) is 0.381. The van der Waals surface area contributed by atoms with Crippen LogP contribution in [0.15, 0.2) is 60.7 Å². The highest BCUT2D eigenvalue weighted by Gasteiger charge is 2.21. The maximum atomic E-state index is 12.5. The highest BCUT2D eigenvalue weighted by Crippen LogP contribution is 2.25. The molecule has 1 unspecified atom stereocenters. The molecule has 2 aromatic carbocycles. The monoisotopic (exact) mass is 309 g/mol. The minimum atomic E-state index is 0.0905. The van der Waals surface area contributed by atoms with Gasteiger partial charge in [0.2, 0.25) is 5.91 Å². The second-order valence-corrected chi connectivity index (χ2v) is 6.08. The Labute approximate surface area is 140 Å². The smallest absolute Gasteiger partial charge is 0.222 e. The molecule has 0 aliphatic rings. The molecule has 2 heteroatoms. The van der Waals surface area contributed by atoms with Crippen LogP contribution < -0.4 is 0 Å². The number of amides is 1. The summed E-state index contributed by atoms with van der Waals surface area (Å²) in [7, 11) is 1.94. The molecule has 122 valence electrons. The lowest BCUT2D eigenvalue weighted by atomic mass is 9.97. The summed E-state index contributed by atoms with van der Waals surface area (Å²) >= 11 is 0. The van der Waals surface area contributed by atoms with E-state index in [1.54, 1.807) is 0 Å². The van der Waals surface area contributed by atoms with Gasteiger partial charge in [0.15, 0.2) is 0 Å². The number of unbranched alkanes of at least 4 members (excludes halogenated alkanes) is 2. The van der Waals surface area contributed by atoms with Crippen molar-refractivity contribution in [2.24, 2.45) is 0 Å².